The van der Waals surface area contributed by atoms with E-state index in [-0.39, 0.29) is 0 Å². The molecule has 0 aliphatic rings. The van der Waals surface area contributed by atoms with Crippen molar-refractivity contribution in [3.63, 3.8) is 0 Å². The Kier molecular flexibility index (Phi) is 3.54. The third kappa shape index (κ3) is 2.64. The molecule has 0 radical (unpaired) electrons. The molecule has 0 saturated heterocycles. The number of hydrogen-bond acceptors (Lipinski definition) is 7. The van der Waals surface area contributed by atoms with Crippen molar-refractivity contribution in [1.82, 2.24) is 39.3 Å². The Morgan fingerprint density at radius 1 is 1.07 bits per heavy atom. The van der Waals surface area contributed by atoms with Crippen LogP contribution in [0.15, 0.2) is 43.1 Å². The monoisotopic (exact) mass is 371 g/mol. The van der Waals surface area contributed by atoms with Crippen molar-refractivity contribution in [3.8, 4) is 11.3 Å². The molecule has 0 aliphatic carbocycles. The third-order valence-electron chi connectivity index (χ3n) is 4.63. The molecule has 9 nitrogen and oxygen atoms in total. The Balaban J connectivity index is 1.60. The fourth-order valence-corrected chi connectivity index (χ4v) is 3.19. The lowest BCUT2D eigenvalue weighted by Crippen LogP contribution is -2.01. The van der Waals surface area contributed by atoms with E-state index in [1.54, 1.807) is 21.6 Å². The lowest BCUT2D eigenvalue weighted by Gasteiger charge is -2.08. The number of anilines is 2. The van der Waals surface area contributed by atoms with Gasteiger partial charge in [-0.25, -0.2) is 19.5 Å². The van der Waals surface area contributed by atoms with Crippen molar-refractivity contribution in [3.05, 3.63) is 54.4 Å². The molecule has 9 heteroatoms. The summed E-state index contributed by atoms with van der Waals surface area (Å²) in [5, 5.41) is 12.1. The number of aryl methyl sites for hydroxylation is 3. The highest BCUT2D eigenvalue weighted by atomic mass is 15.3. The van der Waals surface area contributed by atoms with Crippen molar-refractivity contribution in [2.75, 3.05) is 5.32 Å². The Bertz CT molecular complexity index is 1330. The first-order valence-corrected chi connectivity index (χ1v) is 8.78. The van der Waals surface area contributed by atoms with Crippen LogP contribution in [0.3, 0.4) is 0 Å². The fourth-order valence-electron chi connectivity index (χ4n) is 3.19. The smallest absolute Gasteiger partial charge is 0.227 e. The van der Waals surface area contributed by atoms with Crippen LogP contribution >= 0.6 is 0 Å². The maximum Gasteiger partial charge on any atom is 0.227 e. The van der Waals surface area contributed by atoms with E-state index in [1.807, 2.05) is 45.3 Å². The van der Waals surface area contributed by atoms with Crippen LogP contribution in [-0.2, 0) is 7.05 Å². The van der Waals surface area contributed by atoms with Crippen molar-refractivity contribution < 1.29 is 0 Å². The molecule has 0 unspecified atom stereocenters. The molecule has 0 bridgehead atoms. The molecule has 1 N–H and O–H groups in total. The van der Waals surface area contributed by atoms with Crippen LogP contribution in [0.25, 0.3) is 27.9 Å². The van der Waals surface area contributed by atoms with Gasteiger partial charge < -0.3 is 5.32 Å². The molecule has 0 amide bonds. The molecule has 28 heavy (non-hydrogen) atoms. The zero-order valence-electron chi connectivity index (χ0n) is 15.6. The Hall–Kier alpha value is -3.88. The number of nitrogens with zero attached hydrogens (tertiary/aromatic N) is 8. The predicted molar refractivity (Wildman–Crippen MR) is 105 cm³/mol. The second-order valence-corrected chi connectivity index (χ2v) is 6.64. The summed E-state index contributed by atoms with van der Waals surface area (Å²) in [7, 11) is 1.89. The predicted octanol–water partition coefficient (Wildman–Crippen LogP) is 2.83. The minimum absolute atomic E-state index is 0.495. The van der Waals surface area contributed by atoms with E-state index in [0.29, 0.717) is 5.95 Å². The molecule has 0 aliphatic heterocycles. The van der Waals surface area contributed by atoms with Gasteiger partial charge >= 0.3 is 0 Å². The van der Waals surface area contributed by atoms with E-state index in [2.05, 4.69) is 30.5 Å². The molecule has 5 aromatic heterocycles. The molecule has 0 spiro atoms. The van der Waals surface area contributed by atoms with Gasteiger partial charge in [0.15, 0.2) is 5.65 Å². The summed E-state index contributed by atoms with van der Waals surface area (Å²) in [6.45, 7) is 3.96. The molecule has 0 fully saturated rings. The van der Waals surface area contributed by atoms with Gasteiger partial charge in [0.05, 0.1) is 18.1 Å². The van der Waals surface area contributed by atoms with Crippen LogP contribution in [0.2, 0.25) is 0 Å². The summed E-state index contributed by atoms with van der Waals surface area (Å²) < 4.78 is 3.50. The zero-order chi connectivity index (χ0) is 19.3. The van der Waals surface area contributed by atoms with Gasteiger partial charge in [-0.1, -0.05) is 0 Å². The molecule has 138 valence electrons. The average Bonchev–Trinajstić information content (AvgIpc) is 3.26. The van der Waals surface area contributed by atoms with E-state index in [1.165, 1.54) is 6.33 Å². The van der Waals surface area contributed by atoms with Crippen LogP contribution in [-0.4, -0.2) is 39.3 Å². The molecule has 0 saturated carbocycles. The van der Waals surface area contributed by atoms with Crippen molar-refractivity contribution in [2.24, 2.45) is 7.05 Å². The summed E-state index contributed by atoms with van der Waals surface area (Å²) in [6.07, 6.45) is 6.96. The fraction of sp³-hybridized carbons (Fsp3) is 0.158. The van der Waals surface area contributed by atoms with E-state index in [4.69, 9.17) is 4.98 Å². The van der Waals surface area contributed by atoms with Gasteiger partial charge in [0.1, 0.15) is 23.1 Å². The normalized spacial score (nSPS) is 11.4. The van der Waals surface area contributed by atoms with Gasteiger partial charge in [0.25, 0.3) is 0 Å². The number of fused-ring (bicyclic) bond motifs is 2. The summed E-state index contributed by atoms with van der Waals surface area (Å²) in [5.74, 6) is 0.495. The van der Waals surface area contributed by atoms with Gasteiger partial charge in [-0.3, -0.25) is 9.67 Å². The maximum absolute atomic E-state index is 4.73. The van der Waals surface area contributed by atoms with E-state index < -0.39 is 0 Å². The first kappa shape index (κ1) is 16.3. The van der Waals surface area contributed by atoms with Crippen LogP contribution in [0, 0.1) is 13.8 Å². The van der Waals surface area contributed by atoms with E-state index in [0.717, 1.165) is 44.9 Å². The van der Waals surface area contributed by atoms with Crippen molar-refractivity contribution >= 4 is 28.3 Å². The van der Waals surface area contributed by atoms with Crippen LogP contribution in [0.1, 0.15) is 11.3 Å². The van der Waals surface area contributed by atoms with Crippen LogP contribution in [0.4, 0.5) is 11.6 Å². The number of aromatic nitrogens is 8. The molecule has 5 rings (SSSR count). The van der Waals surface area contributed by atoms with E-state index >= 15 is 0 Å². The van der Waals surface area contributed by atoms with Gasteiger partial charge in [0.2, 0.25) is 5.95 Å². The SMILES string of the molecule is Cc1cc(-c2nn(C)c3cnc(Nc4cn5ncnc5cc4C)nc23)ccn1. The van der Waals surface area contributed by atoms with Gasteiger partial charge in [-0.2, -0.15) is 10.2 Å². The van der Waals surface area contributed by atoms with Crippen LogP contribution < -0.4 is 5.32 Å². The Morgan fingerprint density at radius 3 is 2.82 bits per heavy atom. The highest BCUT2D eigenvalue weighted by Crippen LogP contribution is 2.27. The molecule has 0 atom stereocenters. The van der Waals surface area contributed by atoms with Crippen molar-refractivity contribution in [1.29, 1.82) is 0 Å². The van der Waals surface area contributed by atoms with Crippen molar-refractivity contribution in [2.45, 2.75) is 13.8 Å². The quantitative estimate of drug-likeness (QED) is 0.520. The Labute approximate surface area is 160 Å². The molecule has 5 aromatic rings. The summed E-state index contributed by atoms with van der Waals surface area (Å²) >= 11 is 0. The first-order chi connectivity index (χ1) is 13.6. The molecular weight excluding hydrogens is 354 g/mol. The topological polar surface area (TPSA) is 98.7 Å². The largest absolute Gasteiger partial charge is 0.323 e. The second kappa shape index (κ2) is 6.08. The molecule has 5 heterocycles. The molecular formula is C19H17N9. The summed E-state index contributed by atoms with van der Waals surface area (Å²) in [5.41, 5.74) is 7.04. The number of hydrogen-bond donors (Lipinski definition) is 1. The third-order valence-corrected chi connectivity index (χ3v) is 4.63. The minimum Gasteiger partial charge on any atom is -0.323 e. The number of rotatable bonds is 3. The zero-order valence-corrected chi connectivity index (χ0v) is 15.6. The second-order valence-electron chi connectivity index (χ2n) is 6.64. The van der Waals surface area contributed by atoms with Gasteiger partial charge in [-0.05, 0) is 37.6 Å². The van der Waals surface area contributed by atoms with E-state index in [9.17, 15) is 0 Å². The van der Waals surface area contributed by atoms with Crippen LogP contribution in [0.5, 0.6) is 0 Å². The summed E-state index contributed by atoms with van der Waals surface area (Å²) in [4.78, 5) is 17.7. The van der Waals surface area contributed by atoms with Gasteiger partial charge in [-0.15, -0.1) is 0 Å². The van der Waals surface area contributed by atoms with Gasteiger partial charge in [0, 0.05) is 24.5 Å². The highest BCUT2D eigenvalue weighted by Gasteiger charge is 2.15. The maximum atomic E-state index is 4.73. The number of nitrogens with one attached hydrogen (secondary N) is 1. The first-order valence-electron chi connectivity index (χ1n) is 8.78. The number of pyridine rings is 2. The molecule has 0 aromatic carbocycles. The summed E-state index contributed by atoms with van der Waals surface area (Å²) in [6, 6.07) is 5.90. The lowest BCUT2D eigenvalue weighted by molar-refractivity contribution is 0.799. The minimum atomic E-state index is 0.495. The standard InChI is InChI=1S/C19H17N9/c1-11-6-16-22-10-23-28(16)9-14(11)24-19-21-8-15-18(25-19)17(26-27(15)3)13-4-5-20-12(2)7-13/h4-10H,1-3H3,(H,21,24,25). The Morgan fingerprint density at radius 2 is 1.96 bits per heavy atom. The lowest BCUT2D eigenvalue weighted by atomic mass is 10.1. The highest BCUT2D eigenvalue weighted by molar-refractivity contribution is 5.90. The average molecular weight is 371 g/mol.